The summed E-state index contributed by atoms with van der Waals surface area (Å²) >= 11 is 9.20. The molecule has 7 heteroatoms. The zero-order valence-corrected chi connectivity index (χ0v) is 13.8. The maximum atomic E-state index is 12.2. The van der Waals surface area contributed by atoms with Gasteiger partial charge in [0.1, 0.15) is 5.82 Å². The number of hydrogen-bond acceptors (Lipinski definition) is 4. The van der Waals surface area contributed by atoms with Crippen molar-refractivity contribution in [1.82, 2.24) is 15.3 Å². The fourth-order valence-corrected chi connectivity index (χ4v) is 2.90. The van der Waals surface area contributed by atoms with E-state index >= 15 is 0 Å². The van der Waals surface area contributed by atoms with E-state index in [1.54, 1.807) is 6.20 Å². The zero-order chi connectivity index (χ0) is 14.7. The van der Waals surface area contributed by atoms with E-state index in [0.717, 1.165) is 23.7 Å². The molecule has 1 aliphatic carbocycles. The highest BCUT2D eigenvalue weighted by Gasteiger charge is 2.33. The predicted octanol–water partition coefficient (Wildman–Crippen LogP) is 3.00. The summed E-state index contributed by atoms with van der Waals surface area (Å²) in [4.78, 5) is 20.2. The monoisotopic (exact) mass is 360 g/mol. The molecule has 20 heavy (non-hydrogen) atoms. The number of anilines is 1. The second-order valence-corrected chi connectivity index (χ2v) is 6.48. The second-order valence-electron chi connectivity index (χ2n) is 5.29. The van der Waals surface area contributed by atoms with E-state index in [4.69, 9.17) is 11.6 Å². The van der Waals surface area contributed by atoms with E-state index in [2.05, 4.69) is 36.5 Å². The van der Waals surface area contributed by atoms with Gasteiger partial charge in [0.05, 0.1) is 10.4 Å². The molecule has 1 aromatic rings. The van der Waals surface area contributed by atoms with Gasteiger partial charge in [-0.15, -0.1) is 0 Å². The van der Waals surface area contributed by atoms with Crippen molar-refractivity contribution >= 4 is 39.3 Å². The van der Waals surface area contributed by atoms with E-state index in [0.29, 0.717) is 5.82 Å². The van der Waals surface area contributed by atoms with Crippen LogP contribution in [0.2, 0.25) is 5.28 Å². The van der Waals surface area contributed by atoms with Crippen LogP contribution in [0.25, 0.3) is 0 Å². The Morgan fingerprint density at radius 1 is 1.50 bits per heavy atom. The van der Waals surface area contributed by atoms with Gasteiger partial charge in [-0.3, -0.25) is 4.79 Å². The molecule has 0 spiro atoms. The topological polar surface area (TPSA) is 66.9 Å². The second kappa shape index (κ2) is 6.72. The summed E-state index contributed by atoms with van der Waals surface area (Å²) in [6.45, 7) is 3.94. The third kappa shape index (κ3) is 3.82. The lowest BCUT2D eigenvalue weighted by molar-refractivity contribution is -0.125. The van der Waals surface area contributed by atoms with Crippen LogP contribution in [0.15, 0.2) is 10.7 Å². The molecule has 2 rings (SSSR count). The lowest BCUT2D eigenvalue weighted by atomic mass is 10.0. The van der Waals surface area contributed by atoms with Crippen molar-refractivity contribution in [1.29, 1.82) is 0 Å². The average Bonchev–Trinajstić information content (AvgIpc) is 2.81. The fourth-order valence-electron chi connectivity index (χ4n) is 2.46. The van der Waals surface area contributed by atoms with Gasteiger partial charge in [-0.1, -0.05) is 6.42 Å². The first-order chi connectivity index (χ1) is 9.47. The molecule has 0 aliphatic heterocycles. The molecule has 0 saturated heterocycles. The van der Waals surface area contributed by atoms with Crippen LogP contribution in [0.4, 0.5) is 5.82 Å². The number of carbonyl (C=O) groups is 1. The number of halogens is 2. The molecule has 0 radical (unpaired) electrons. The molecule has 0 bridgehead atoms. The fraction of sp³-hybridized carbons (Fsp3) is 0.615. The van der Waals surface area contributed by atoms with E-state index in [1.165, 1.54) is 0 Å². The van der Waals surface area contributed by atoms with Crippen LogP contribution in [-0.4, -0.2) is 28.0 Å². The lowest BCUT2D eigenvalue weighted by Gasteiger charge is -2.22. The summed E-state index contributed by atoms with van der Waals surface area (Å²) in [6.07, 6.45) is 4.48. The molecule has 2 atom stereocenters. The Balaban J connectivity index is 2.07. The Morgan fingerprint density at radius 2 is 2.25 bits per heavy atom. The number of amides is 1. The van der Waals surface area contributed by atoms with Crippen LogP contribution in [-0.2, 0) is 4.79 Å². The van der Waals surface area contributed by atoms with Gasteiger partial charge in [-0.2, -0.15) is 4.98 Å². The molecule has 1 aromatic heterocycles. The van der Waals surface area contributed by atoms with E-state index < -0.39 is 0 Å². The van der Waals surface area contributed by atoms with E-state index in [9.17, 15) is 4.79 Å². The molecule has 1 saturated carbocycles. The Kier molecular flexibility index (Phi) is 5.21. The molecule has 1 amide bonds. The number of rotatable bonds is 4. The Labute approximate surface area is 132 Å². The van der Waals surface area contributed by atoms with Crippen molar-refractivity contribution in [2.45, 2.75) is 45.2 Å². The van der Waals surface area contributed by atoms with Crippen molar-refractivity contribution < 1.29 is 4.79 Å². The van der Waals surface area contributed by atoms with E-state index in [1.807, 2.05) is 13.8 Å². The minimum absolute atomic E-state index is 0.0296. The molecule has 1 unspecified atom stereocenters. The molecule has 5 nitrogen and oxygen atoms in total. The normalized spacial score (nSPS) is 22.1. The smallest absolute Gasteiger partial charge is 0.225 e. The molecular weight excluding hydrogens is 344 g/mol. The molecule has 1 aliphatic rings. The van der Waals surface area contributed by atoms with Crippen molar-refractivity contribution in [3.63, 3.8) is 0 Å². The first kappa shape index (κ1) is 15.5. The van der Waals surface area contributed by atoms with Crippen LogP contribution >= 0.6 is 27.5 Å². The van der Waals surface area contributed by atoms with Gasteiger partial charge in [-0.05, 0) is 54.2 Å². The minimum Gasteiger partial charge on any atom is -0.365 e. The Morgan fingerprint density at radius 3 is 2.95 bits per heavy atom. The SMILES string of the molecule is CC(C)NC(=O)[C@H]1CCCC1Nc1nc(Cl)ncc1Br. The van der Waals surface area contributed by atoms with Crippen molar-refractivity contribution in [2.75, 3.05) is 5.32 Å². The average molecular weight is 362 g/mol. The van der Waals surface area contributed by atoms with Gasteiger partial charge in [0.25, 0.3) is 0 Å². The maximum Gasteiger partial charge on any atom is 0.225 e. The standard InChI is InChI=1S/C13H18BrClN4O/c1-7(2)17-12(20)8-4-3-5-10(8)18-11-9(14)6-16-13(15)19-11/h6-8,10H,3-5H2,1-2H3,(H,17,20)(H,16,18,19)/t8-,10?/m0/s1. The molecular formula is C13H18BrClN4O. The van der Waals surface area contributed by atoms with Crippen LogP contribution in [0.1, 0.15) is 33.1 Å². The van der Waals surface area contributed by atoms with Gasteiger partial charge >= 0.3 is 0 Å². The molecule has 1 fully saturated rings. The van der Waals surface area contributed by atoms with Crippen LogP contribution in [0, 0.1) is 5.92 Å². The third-order valence-corrected chi connectivity index (χ3v) is 4.08. The molecule has 110 valence electrons. The molecule has 0 aromatic carbocycles. The lowest BCUT2D eigenvalue weighted by Crippen LogP contribution is -2.41. The van der Waals surface area contributed by atoms with Crippen LogP contribution < -0.4 is 10.6 Å². The van der Waals surface area contributed by atoms with Crippen molar-refractivity contribution in [2.24, 2.45) is 5.92 Å². The summed E-state index contributed by atoms with van der Waals surface area (Å²) in [5, 5.41) is 6.48. The first-order valence-electron chi connectivity index (χ1n) is 6.72. The summed E-state index contributed by atoms with van der Waals surface area (Å²) in [5.74, 6) is 0.712. The third-order valence-electron chi connectivity index (χ3n) is 3.32. The number of nitrogens with zero attached hydrogens (tertiary/aromatic N) is 2. The van der Waals surface area contributed by atoms with Gasteiger partial charge < -0.3 is 10.6 Å². The zero-order valence-electron chi connectivity index (χ0n) is 11.5. The first-order valence-corrected chi connectivity index (χ1v) is 7.89. The van der Waals surface area contributed by atoms with Gasteiger partial charge in [0, 0.05) is 18.3 Å². The Bertz CT molecular complexity index is 497. The summed E-state index contributed by atoms with van der Waals surface area (Å²) in [5.41, 5.74) is 0. The number of nitrogens with one attached hydrogen (secondary N) is 2. The van der Waals surface area contributed by atoms with Gasteiger partial charge in [0.2, 0.25) is 11.2 Å². The highest BCUT2D eigenvalue weighted by Crippen LogP contribution is 2.30. The predicted molar refractivity (Wildman–Crippen MR) is 82.8 cm³/mol. The van der Waals surface area contributed by atoms with Crippen molar-refractivity contribution in [3.05, 3.63) is 16.0 Å². The largest absolute Gasteiger partial charge is 0.365 e. The quantitative estimate of drug-likeness (QED) is 0.809. The van der Waals surface area contributed by atoms with Gasteiger partial charge in [0.15, 0.2) is 0 Å². The van der Waals surface area contributed by atoms with Crippen molar-refractivity contribution in [3.8, 4) is 0 Å². The number of aromatic nitrogens is 2. The Hall–Kier alpha value is -0.880. The van der Waals surface area contributed by atoms with Crippen LogP contribution in [0.5, 0.6) is 0 Å². The number of hydrogen-bond donors (Lipinski definition) is 2. The summed E-state index contributed by atoms with van der Waals surface area (Å²) in [7, 11) is 0. The van der Waals surface area contributed by atoms with Gasteiger partial charge in [-0.25, -0.2) is 4.98 Å². The summed E-state index contributed by atoms with van der Waals surface area (Å²) < 4.78 is 0.747. The highest BCUT2D eigenvalue weighted by atomic mass is 79.9. The molecule has 1 heterocycles. The molecule has 2 N–H and O–H groups in total. The minimum atomic E-state index is -0.0296. The maximum absolute atomic E-state index is 12.2. The van der Waals surface area contributed by atoms with E-state index in [-0.39, 0.29) is 29.2 Å². The van der Waals surface area contributed by atoms with Crippen LogP contribution in [0.3, 0.4) is 0 Å². The highest BCUT2D eigenvalue weighted by molar-refractivity contribution is 9.10. The summed E-state index contributed by atoms with van der Waals surface area (Å²) in [6, 6.07) is 0.236. The number of carbonyl (C=O) groups excluding carboxylic acids is 1.